The van der Waals surface area contributed by atoms with E-state index >= 15 is 0 Å². The highest BCUT2D eigenvalue weighted by atomic mass is 32.2. The van der Waals surface area contributed by atoms with Crippen molar-refractivity contribution in [3.05, 3.63) is 23.3 Å². The van der Waals surface area contributed by atoms with Gasteiger partial charge in [-0.2, -0.15) is 0 Å². The molecule has 1 aromatic rings. The van der Waals surface area contributed by atoms with E-state index in [0.29, 0.717) is 19.0 Å². The molecule has 0 saturated carbocycles. The van der Waals surface area contributed by atoms with Gasteiger partial charge in [0.15, 0.2) is 21.3 Å². The molecule has 0 aliphatic carbocycles. The average molecular weight is 355 g/mol. The van der Waals surface area contributed by atoms with Gasteiger partial charge >= 0.3 is 0 Å². The first-order chi connectivity index (χ1) is 11.4. The van der Waals surface area contributed by atoms with Gasteiger partial charge in [-0.05, 0) is 57.2 Å². The van der Waals surface area contributed by atoms with Crippen molar-refractivity contribution in [2.75, 3.05) is 19.0 Å². The lowest BCUT2D eigenvalue weighted by Gasteiger charge is -2.21. The molecule has 24 heavy (non-hydrogen) atoms. The largest absolute Gasteiger partial charge is 0.486 e. The van der Waals surface area contributed by atoms with Crippen LogP contribution in [0.5, 0.6) is 11.5 Å². The minimum Gasteiger partial charge on any atom is -0.486 e. The molecule has 1 heterocycles. The Bertz CT molecular complexity index is 635. The maximum atomic E-state index is 11.7. The monoisotopic (exact) mass is 354 g/mol. The van der Waals surface area contributed by atoms with Crippen LogP contribution in [0, 0.1) is 6.92 Å². The fourth-order valence-corrected chi connectivity index (χ4v) is 4.03. The minimum absolute atomic E-state index is 0.254. The lowest BCUT2D eigenvalue weighted by atomic mass is 10.00. The molecule has 1 aliphatic heterocycles. The Morgan fingerprint density at radius 2 is 1.67 bits per heavy atom. The third kappa shape index (κ3) is 5.13. The van der Waals surface area contributed by atoms with Crippen LogP contribution in [-0.2, 0) is 16.3 Å². The third-order valence-electron chi connectivity index (χ3n) is 4.66. The summed E-state index contributed by atoms with van der Waals surface area (Å²) in [5.74, 6) is 2.08. The van der Waals surface area contributed by atoms with Crippen molar-refractivity contribution in [3.8, 4) is 11.5 Å². The van der Waals surface area contributed by atoms with Crippen molar-refractivity contribution in [3.63, 3.8) is 0 Å². The van der Waals surface area contributed by atoms with Crippen LogP contribution in [0.3, 0.4) is 0 Å². The van der Waals surface area contributed by atoms with Crippen molar-refractivity contribution in [1.82, 2.24) is 0 Å². The number of unbranched alkanes of at least 4 members (excludes halogenated alkanes) is 4. The maximum Gasteiger partial charge on any atom is 0.164 e. The number of fused-ring (bicyclic) bond motifs is 1. The number of ether oxygens (including phenoxy) is 2. The molecule has 136 valence electrons. The molecular formula is C19H30O4S. The Hall–Kier alpha value is -1.23. The van der Waals surface area contributed by atoms with E-state index in [2.05, 4.69) is 13.0 Å². The summed E-state index contributed by atoms with van der Waals surface area (Å²) in [6.07, 6.45) is 6.16. The quantitative estimate of drug-likeness (QED) is 0.627. The standard InChI is InChI=1S/C19H30O4S/c1-15(2)24(20,21)14-8-6-4-5-7-9-17-10-11-18-19(16(17)3)23-13-12-22-18/h10-11,15H,4-9,12-14H2,1-3H3. The van der Waals surface area contributed by atoms with Gasteiger partial charge in [0.1, 0.15) is 13.2 Å². The normalized spacial score (nSPS) is 14.2. The van der Waals surface area contributed by atoms with Crippen molar-refractivity contribution in [2.45, 2.75) is 64.5 Å². The molecule has 1 aliphatic rings. The van der Waals surface area contributed by atoms with Crippen LogP contribution in [0.25, 0.3) is 0 Å². The number of benzene rings is 1. The number of hydrogen-bond donors (Lipinski definition) is 0. The van der Waals surface area contributed by atoms with Crippen LogP contribution >= 0.6 is 0 Å². The smallest absolute Gasteiger partial charge is 0.164 e. The highest BCUT2D eigenvalue weighted by molar-refractivity contribution is 7.91. The lowest BCUT2D eigenvalue weighted by Crippen LogP contribution is -2.17. The van der Waals surface area contributed by atoms with Crippen LogP contribution in [0.2, 0.25) is 0 Å². The second kappa shape index (κ2) is 8.75. The molecule has 1 aromatic carbocycles. The molecule has 0 saturated heterocycles. The van der Waals surface area contributed by atoms with E-state index in [-0.39, 0.29) is 5.25 Å². The van der Waals surface area contributed by atoms with Crippen molar-refractivity contribution in [1.29, 1.82) is 0 Å². The highest BCUT2D eigenvalue weighted by Crippen LogP contribution is 2.35. The Labute approximate surface area is 146 Å². The van der Waals surface area contributed by atoms with Gasteiger partial charge in [0.25, 0.3) is 0 Å². The molecule has 0 aromatic heterocycles. The van der Waals surface area contributed by atoms with Crippen LogP contribution < -0.4 is 9.47 Å². The van der Waals surface area contributed by atoms with Crippen molar-refractivity contribution in [2.24, 2.45) is 0 Å². The van der Waals surface area contributed by atoms with Crippen LogP contribution in [0.15, 0.2) is 12.1 Å². The Balaban J connectivity index is 1.68. The molecule has 5 heteroatoms. The fourth-order valence-electron chi connectivity index (χ4n) is 2.95. The van der Waals surface area contributed by atoms with Crippen LogP contribution in [-0.4, -0.2) is 32.6 Å². The van der Waals surface area contributed by atoms with Crippen LogP contribution in [0.1, 0.15) is 57.1 Å². The van der Waals surface area contributed by atoms with Crippen LogP contribution in [0.4, 0.5) is 0 Å². The van der Waals surface area contributed by atoms with Gasteiger partial charge in [0.05, 0.1) is 11.0 Å². The maximum absolute atomic E-state index is 11.7. The molecule has 0 atom stereocenters. The summed E-state index contributed by atoms with van der Waals surface area (Å²) in [7, 11) is -2.87. The molecule has 0 unspecified atom stereocenters. The zero-order chi connectivity index (χ0) is 17.6. The van der Waals surface area contributed by atoms with E-state index in [1.807, 2.05) is 6.07 Å². The predicted octanol–water partition coefficient (Wildman–Crippen LogP) is 4.08. The Morgan fingerprint density at radius 1 is 1.00 bits per heavy atom. The first kappa shape index (κ1) is 19.1. The van der Waals surface area contributed by atoms with Gasteiger partial charge in [-0.15, -0.1) is 0 Å². The lowest BCUT2D eigenvalue weighted by molar-refractivity contribution is 0.170. The van der Waals surface area contributed by atoms with Crippen molar-refractivity contribution >= 4 is 9.84 Å². The van der Waals surface area contributed by atoms with E-state index in [9.17, 15) is 8.42 Å². The second-order valence-electron chi connectivity index (χ2n) is 6.81. The number of rotatable bonds is 9. The summed E-state index contributed by atoms with van der Waals surface area (Å²) >= 11 is 0. The summed E-state index contributed by atoms with van der Waals surface area (Å²) in [6.45, 7) is 6.85. The first-order valence-electron chi connectivity index (χ1n) is 9.01. The highest BCUT2D eigenvalue weighted by Gasteiger charge is 2.16. The average Bonchev–Trinajstić information content (AvgIpc) is 2.56. The Morgan fingerprint density at radius 3 is 2.42 bits per heavy atom. The summed E-state index contributed by atoms with van der Waals surface area (Å²) < 4.78 is 34.8. The molecule has 0 fully saturated rings. The summed E-state index contributed by atoms with van der Waals surface area (Å²) in [5, 5.41) is -0.254. The first-order valence-corrected chi connectivity index (χ1v) is 10.7. The number of hydrogen-bond acceptors (Lipinski definition) is 4. The van der Waals surface area contributed by atoms with E-state index < -0.39 is 9.84 Å². The van der Waals surface area contributed by atoms with E-state index in [1.54, 1.807) is 13.8 Å². The molecule has 2 rings (SSSR count). The molecule has 0 bridgehead atoms. The van der Waals surface area contributed by atoms with Gasteiger partial charge < -0.3 is 9.47 Å². The predicted molar refractivity (Wildman–Crippen MR) is 97.9 cm³/mol. The molecular weight excluding hydrogens is 324 g/mol. The number of sulfone groups is 1. The Kier molecular flexibility index (Phi) is 6.96. The zero-order valence-corrected chi connectivity index (χ0v) is 16.0. The molecule has 0 amide bonds. The van der Waals surface area contributed by atoms with Gasteiger partial charge in [0.2, 0.25) is 0 Å². The molecule has 0 radical (unpaired) electrons. The van der Waals surface area contributed by atoms with E-state index in [4.69, 9.17) is 9.47 Å². The zero-order valence-electron chi connectivity index (χ0n) is 15.1. The molecule has 0 spiro atoms. The van der Waals surface area contributed by atoms with Gasteiger partial charge in [-0.1, -0.05) is 25.3 Å². The van der Waals surface area contributed by atoms with Crippen molar-refractivity contribution < 1.29 is 17.9 Å². The topological polar surface area (TPSA) is 52.6 Å². The third-order valence-corrected chi connectivity index (χ3v) is 6.96. The number of aryl methyl sites for hydroxylation is 1. The van der Waals surface area contributed by atoms with Gasteiger partial charge in [-0.3, -0.25) is 0 Å². The molecule has 4 nitrogen and oxygen atoms in total. The van der Waals surface area contributed by atoms with Gasteiger partial charge in [0, 0.05) is 0 Å². The van der Waals surface area contributed by atoms with E-state index in [0.717, 1.165) is 50.0 Å². The summed E-state index contributed by atoms with van der Waals surface area (Å²) in [4.78, 5) is 0. The summed E-state index contributed by atoms with van der Waals surface area (Å²) in [5.41, 5.74) is 2.51. The second-order valence-corrected chi connectivity index (χ2v) is 9.48. The van der Waals surface area contributed by atoms with Gasteiger partial charge in [-0.25, -0.2) is 8.42 Å². The minimum atomic E-state index is -2.87. The molecule has 0 N–H and O–H groups in total. The van der Waals surface area contributed by atoms with E-state index in [1.165, 1.54) is 11.1 Å². The fraction of sp³-hybridized carbons (Fsp3) is 0.684. The summed E-state index contributed by atoms with van der Waals surface area (Å²) in [6, 6.07) is 4.14. The SMILES string of the molecule is Cc1c(CCCCCCCS(=O)(=O)C(C)C)ccc2c1OCCO2.